The number of Topliss-reactive ketones (excluding diaryl/α,β-unsaturated/α-hetero) is 1. The molecule has 10 rings (SSSR count). The van der Waals surface area contributed by atoms with Gasteiger partial charge in [-0.05, 0) is 147 Å². The van der Waals surface area contributed by atoms with Gasteiger partial charge in [0.1, 0.15) is 24.2 Å². The van der Waals surface area contributed by atoms with Crippen LogP contribution >= 0.6 is 33.3 Å². The molecule has 21 heteroatoms. The SMILES string of the molecule is COc1cc2c(cc1OCc1cc(COc3cc4c(cc3C)C(=O)N3c5ccccc5C[C@H]3C=N4)cc(NC(=O)CCC(C)(C)SSCCC(C(=O)CCCN3C(=O)CC(SC)C3=O)S(=O)(=O)O)c1)CC[C@@H]1Cc3ccccc3N1C2=O. The van der Waals surface area contributed by atoms with Crippen LogP contribution in [0.25, 0.3) is 0 Å². The minimum Gasteiger partial charge on any atom is -0.493 e. The Balaban J connectivity index is 0.804. The highest BCUT2D eigenvalue weighted by molar-refractivity contribution is 8.77. The molecule has 5 aromatic rings. The number of nitrogens with zero attached hydrogens (tertiary/aromatic N) is 4. The number of likely N-dealkylation sites (tertiary alicyclic amines) is 1. The molecule has 0 radical (unpaired) electrons. The summed E-state index contributed by atoms with van der Waals surface area (Å²) in [5.74, 6) is -0.149. The molecule has 0 spiro atoms. The molecule has 1 saturated heterocycles. The van der Waals surface area contributed by atoms with Crippen molar-refractivity contribution in [3.05, 3.63) is 136 Å². The molecule has 5 aliphatic rings. The Kier molecular flexibility index (Phi) is 17.6. The number of benzene rings is 5. The lowest BCUT2D eigenvalue weighted by Crippen LogP contribution is -2.37. The number of ketones is 1. The second-order valence-electron chi connectivity index (χ2n) is 21.9. The zero-order valence-electron chi connectivity index (χ0n) is 46.3. The van der Waals surface area contributed by atoms with Crippen LogP contribution in [0.1, 0.15) is 113 Å². The Morgan fingerprint density at radius 1 is 0.817 bits per heavy atom. The van der Waals surface area contributed by atoms with Crippen LogP contribution in [-0.2, 0) is 61.8 Å². The number of aliphatic imine (C=N–C) groups is 1. The van der Waals surface area contributed by atoms with Gasteiger partial charge in [-0.25, -0.2) is 0 Å². The van der Waals surface area contributed by atoms with E-state index in [2.05, 4.69) is 11.4 Å². The van der Waals surface area contributed by atoms with Crippen LogP contribution in [-0.4, -0.2) is 112 Å². The lowest BCUT2D eigenvalue weighted by atomic mass is 9.99. The van der Waals surface area contributed by atoms with E-state index in [9.17, 15) is 41.7 Å². The number of imide groups is 1. The third-order valence-electron chi connectivity index (χ3n) is 15.6. The van der Waals surface area contributed by atoms with Crippen molar-refractivity contribution in [2.45, 2.75) is 126 Å². The summed E-state index contributed by atoms with van der Waals surface area (Å²) < 4.78 is 53.1. The molecule has 5 heterocycles. The summed E-state index contributed by atoms with van der Waals surface area (Å²) in [5.41, 5.74) is 9.20. The average Bonchev–Trinajstić information content (AvgIpc) is 4.21. The summed E-state index contributed by atoms with van der Waals surface area (Å²) in [7, 11) is -0.404. The second-order valence-corrected chi connectivity index (χ2v) is 27.6. The van der Waals surface area contributed by atoms with Crippen LogP contribution in [0.5, 0.6) is 17.2 Å². The maximum Gasteiger partial charge on any atom is 0.275 e. The van der Waals surface area contributed by atoms with Crippen LogP contribution in [0.3, 0.4) is 0 Å². The Hall–Kier alpha value is -6.65. The lowest BCUT2D eigenvalue weighted by Gasteiger charge is -2.23. The number of hydrogen-bond acceptors (Lipinski definition) is 15. The van der Waals surface area contributed by atoms with Gasteiger partial charge < -0.3 is 24.4 Å². The van der Waals surface area contributed by atoms with E-state index in [1.54, 1.807) is 25.5 Å². The number of aryl methyl sites for hydroxylation is 2. The molecular weight excluding hydrogens is 1120 g/mol. The summed E-state index contributed by atoms with van der Waals surface area (Å²) in [6.07, 6.45) is 6.87. The van der Waals surface area contributed by atoms with Crippen molar-refractivity contribution in [2.24, 2.45) is 4.99 Å². The molecule has 82 heavy (non-hydrogen) atoms. The molecule has 0 aromatic heterocycles. The van der Waals surface area contributed by atoms with E-state index in [0.29, 0.717) is 64.6 Å². The van der Waals surface area contributed by atoms with E-state index >= 15 is 0 Å². The fraction of sp³-hybridized carbons (Fsp3) is 0.393. The molecule has 5 aromatic carbocycles. The number of fused-ring (bicyclic) bond motifs is 8. The summed E-state index contributed by atoms with van der Waals surface area (Å²) >= 11 is 1.28. The number of carbonyl (C=O) groups excluding carboxylic acids is 6. The van der Waals surface area contributed by atoms with Crippen molar-refractivity contribution in [1.29, 1.82) is 0 Å². The highest BCUT2D eigenvalue weighted by Crippen LogP contribution is 2.43. The Morgan fingerprint density at radius 2 is 1.50 bits per heavy atom. The normalized spacial score (nSPS) is 18.5. The van der Waals surface area contributed by atoms with E-state index < -0.39 is 31.1 Å². The van der Waals surface area contributed by atoms with Crippen molar-refractivity contribution >= 4 is 108 Å². The summed E-state index contributed by atoms with van der Waals surface area (Å²) in [6.45, 7) is 5.97. The first kappa shape index (κ1) is 58.5. The number of rotatable bonds is 23. The number of ether oxygens (including phenoxy) is 3. The molecule has 1 fully saturated rings. The van der Waals surface area contributed by atoms with Crippen molar-refractivity contribution < 1.29 is 55.9 Å². The van der Waals surface area contributed by atoms with E-state index in [-0.39, 0.29) is 99.2 Å². The minimum atomic E-state index is -4.72. The van der Waals surface area contributed by atoms with E-state index in [1.165, 1.54) is 33.3 Å². The molecular formula is C61H65N5O12S4. The number of hydrogen-bond donors (Lipinski definition) is 2. The number of methoxy groups -OCH3 is 1. The molecule has 17 nitrogen and oxygen atoms in total. The van der Waals surface area contributed by atoms with Crippen molar-refractivity contribution in [2.75, 3.05) is 40.8 Å². The Bertz CT molecular complexity index is 3520. The first-order chi connectivity index (χ1) is 39.3. The van der Waals surface area contributed by atoms with Gasteiger partial charge in [-0.15, -0.1) is 0 Å². The molecule has 4 atom stereocenters. The van der Waals surface area contributed by atoms with Gasteiger partial charge in [-0.3, -0.25) is 48.1 Å². The fourth-order valence-corrected chi connectivity index (χ4v) is 15.7. The summed E-state index contributed by atoms with van der Waals surface area (Å²) in [6, 6.07) is 28.7. The number of para-hydroxylation sites is 2. The molecule has 2 unspecified atom stereocenters. The topological polar surface area (TPSA) is 219 Å². The smallest absolute Gasteiger partial charge is 0.275 e. The van der Waals surface area contributed by atoms with Crippen LogP contribution < -0.4 is 29.3 Å². The van der Waals surface area contributed by atoms with Gasteiger partial charge in [0.25, 0.3) is 21.9 Å². The lowest BCUT2D eigenvalue weighted by molar-refractivity contribution is -0.138. The number of thioether (sulfide) groups is 1. The number of nitrogens with one attached hydrogen (secondary N) is 1. The van der Waals surface area contributed by atoms with Gasteiger partial charge in [0.2, 0.25) is 17.7 Å². The quantitative estimate of drug-likeness (QED) is 0.0269. The first-order valence-corrected chi connectivity index (χ1v) is 32.5. The summed E-state index contributed by atoms with van der Waals surface area (Å²) in [5, 5.41) is 0.963. The zero-order chi connectivity index (χ0) is 58.0. The number of amides is 5. The number of anilines is 3. The van der Waals surface area contributed by atoms with E-state index in [4.69, 9.17) is 19.2 Å². The Morgan fingerprint density at radius 3 is 2.20 bits per heavy atom. The molecule has 5 amide bonds. The number of carbonyl (C=O) groups is 6. The highest BCUT2D eigenvalue weighted by atomic mass is 33.1. The van der Waals surface area contributed by atoms with Crippen LogP contribution in [0.4, 0.5) is 22.7 Å². The van der Waals surface area contributed by atoms with E-state index in [0.717, 1.165) is 56.9 Å². The second kappa shape index (κ2) is 24.7. The van der Waals surface area contributed by atoms with Crippen LogP contribution in [0.15, 0.2) is 96.0 Å². The van der Waals surface area contributed by atoms with Gasteiger partial charge in [0.15, 0.2) is 17.3 Å². The van der Waals surface area contributed by atoms with Crippen LogP contribution in [0, 0.1) is 6.92 Å². The maximum atomic E-state index is 14.2. The minimum absolute atomic E-state index is 0.000240. The molecule has 0 saturated carbocycles. The van der Waals surface area contributed by atoms with E-state index in [1.807, 2.05) is 110 Å². The first-order valence-electron chi connectivity index (χ1n) is 27.4. The fourth-order valence-electron chi connectivity index (χ4n) is 11.4. The maximum absolute atomic E-state index is 14.2. The molecule has 5 aliphatic heterocycles. The molecule has 0 bridgehead atoms. The van der Waals surface area contributed by atoms with Gasteiger partial charge in [0.05, 0.1) is 29.7 Å². The van der Waals surface area contributed by atoms with Crippen LogP contribution in [0.2, 0.25) is 0 Å². The monoisotopic (exact) mass is 1190 g/mol. The standard InChI is InChI=1S/C61H65N5O12S4/c1-36-23-46-47(62-33-44-28-41-12-7-9-14-49(41)66(44)59(46)71)31-51(36)77-34-37-24-38(35-78-53-29-39-16-17-43-27-40-11-6-8-13-48(40)65(43)58(70)45(39)30-52(53)76-4)26-42(25-37)63-56(68)18-20-61(2,3)81-80-22-19-55(82(73,74)75)50(67)15-10-21-64-57(69)32-54(79-5)60(64)72/h6-9,11-14,23-26,29-31,33,43-44,54-55H,10,15-22,27-28,32,34-35H2,1-5H3,(H,63,68)(H,73,74,75)/t43-,44+,54?,55?/m1/s1. The van der Waals surface area contributed by atoms with Gasteiger partial charge in [-0.2, -0.15) is 20.2 Å². The Labute approximate surface area is 489 Å². The highest BCUT2D eigenvalue weighted by Gasteiger charge is 2.40. The third-order valence-corrected chi connectivity index (χ3v) is 21.2. The van der Waals surface area contributed by atoms with Gasteiger partial charge in [0, 0.05) is 83.7 Å². The molecule has 2 N–H and O–H groups in total. The van der Waals surface area contributed by atoms with Crippen molar-refractivity contribution in [1.82, 2.24) is 4.90 Å². The largest absolute Gasteiger partial charge is 0.493 e. The molecule has 0 aliphatic carbocycles. The zero-order valence-corrected chi connectivity index (χ0v) is 49.6. The van der Waals surface area contributed by atoms with Crippen molar-refractivity contribution in [3.8, 4) is 17.2 Å². The predicted octanol–water partition coefficient (Wildman–Crippen LogP) is 10.3. The predicted molar refractivity (Wildman–Crippen MR) is 322 cm³/mol. The van der Waals surface area contributed by atoms with Gasteiger partial charge >= 0.3 is 0 Å². The molecule has 430 valence electrons. The summed E-state index contributed by atoms with van der Waals surface area (Å²) in [4.78, 5) is 89.6. The van der Waals surface area contributed by atoms with Gasteiger partial charge in [-0.1, -0.05) is 58.0 Å². The average molecular weight is 1190 g/mol. The van der Waals surface area contributed by atoms with Crippen molar-refractivity contribution in [3.63, 3.8) is 0 Å². The third kappa shape index (κ3) is 12.8.